The molecule has 0 saturated heterocycles. The van der Waals surface area contributed by atoms with Gasteiger partial charge >= 0.3 is 12.1 Å². The van der Waals surface area contributed by atoms with E-state index in [-0.39, 0.29) is 25.3 Å². The lowest BCUT2D eigenvalue weighted by Crippen LogP contribution is -2.55. The zero-order valence-corrected chi connectivity index (χ0v) is 20.9. The lowest BCUT2D eigenvalue weighted by atomic mass is 10.0. The highest BCUT2D eigenvalue weighted by molar-refractivity contribution is 6.38. The van der Waals surface area contributed by atoms with Crippen LogP contribution in [-0.2, 0) is 25.7 Å². The van der Waals surface area contributed by atoms with Crippen LogP contribution in [0, 0.1) is 5.92 Å². The molecule has 1 aromatic rings. The summed E-state index contributed by atoms with van der Waals surface area (Å²) < 4.78 is 14.7. The second kappa shape index (κ2) is 14.4. The summed E-state index contributed by atoms with van der Waals surface area (Å²) in [5.41, 5.74) is 0.650. The molecule has 12 heteroatoms. The van der Waals surface area contributed by atoms with Crippen molar-refractivity contribution in [3.63, 3.8) is 0 Å². The molecule has 0 aliphatic heterocycles. The van der Waals surface area contributed by atoms with E-state index >= 15 is 0 Å². The van der Waals surface area contributed by atoms with Gasteiger partial charge in [-0.2, -0.15) is 0 Å². The second-order valence-corrected chi connectivity index (χ2v) is 8.01. The Labute approximate surface area is 204 Å². The summed E-state index contributed by atoms with van der Waals surface area (Å²) >= 11 is 0. The number of amides is 5. The van der Waals surface area contributed by atoms with Gasteiger partial charge in [-0.15, -0.1) is 0 Å². The first kappa shape index (κ1) is 29.2. The maximum absolute atomic E-state index is 12.8. The van der Waals surface area contributed by atoms with Crippen LogP contribution in [0.3, 0.4) is 0 Å². The van der Waals surface area contributed by atoms with Crippen molar-refractivity contribution in [1.82, 2.24) is 21.3 Å². The summed E-state index contributed by atoms with van der Waals surface area (Å²) in [4.78, 5) is 61.2. The van der Waals surface area contributed by atoms with Crippen molar-refractivity contribution in [3.05, 3.63) is 23.8 Å². The first-order valence-electron chi connectivity index (χ1n) is 11.0. The summed E-state index contributed by atoms with van der Waals surface area (Å²) in [5.74, 6) is -1.32. The molecular formula is C23H34N4O8. The van der Waals surface area contributed by atoms with Crippen LogP contribution < -0.4 is 30.7 Å². The normalized spacial score (nSPS) is 12.1. The highest BCUT2D eigenvalue weighted by atomic mass is 16.5. The predicted molar refractivity (Wildman–Crippen MR) is 126 cm³/mol. The fourth-order valence-electron chi connectivity index (χ4n) is 3.06. The number of ether oxygens (including phenoxy) is 3. The van der Waals surface area contributed by atoms with E-state index in [1.165, 1.54) is 14.2 Å². The number of rotatable bonds is 12. The van der Waals surface area contributed by atoms with Crippen molar-refractivity contribution in [1.29, 1.82) is 0 Å². The monoisotopic (exact) mass is 494 g/mol. The van der Waals surface area contributed by atoms with Crippen molar-refractivity contribution in [3.8, 4) is 11.5 Å². The number of ketones is 1. The van der Waals surface area contributed by atoms with Crippen LogP contribution in [0.25, 0.3) is 0 Å². The van der Waals surface area contributed by atoms with E-state index in [0.29, 0.717) is 17.1 Å². The topological polar surface area (TPSA) is 161 Å². The minimum Gasteiger partial charge on any atom is -0.497 e. The van der Waals surface area contributed by atoms with E-state index in [1.54, 1.807) is 25.1 Å². The van der Waals surface area contributed by atoms with E-state index in [2.05, 4.69) is 20.7 Å². The average Bonchev–Trinajstić information content (AvgIpc) is 2.83. The molecule has 0 aromatic heterocycles. The summed E-state index contributed by atoms with van der Waals surface area (Å²) in [6, 6.07) is 1.97. The number of hydrogen-bond donors (Lipinski definition) is 4. The van der Waals surface area contributed by atoms with Crippen molar-refractivity contribution >= 4 is 29.7 Å². The highest BCUT2D eigenvalue weighted by Crippen LogP contribution is 2.22. The van der Waals surface area contributed by atoms with Gasteiger partial charge in [0, 0.05) is 12.6 Å². The largest absolute Gasteiger partial charge is 0.497 e. The third-order valence-corrected chi connectivity index (χ3v) is 4.86. The molecule has 1 rings (SSSR count). The molecule has 0 bridgehead atoms. The molecule has 0 spiro atoms. The Kier molecular flexibility index (Phi) is 12.0. The van der Waals surface area contributed by atoms with Gasteiger partial charge in [0.2, 0.25) is 11.7 Å². The number of urea groups is 1. The minimum atomic E-state index is -1.11. The van der Waals surface area contributed by atoms with Crippen LogP contribution in [-0.4, -0.2) is 63.1 Å². The molecular weight excluding hydrogens is 460 g/mol. The first-order valence-corrected chi connectivity index (χ1v) is 11.0. The zero-order valence-electron chi connectivity index (χ0n) is 20.9. The number of hydrogen-bond acceptors (Lipinski definition) is 8. The van der Waals surface area contributed by atoms with Crippen LogP contribution in [0.4, 0.5) is 9.59 Å². The third kappa shape index (κ3) is 9.90. The van der Waals surface area contributed by atoms with Gasteiger partial charge in [-0.05, 0) is 36.5 Å². The van der Waals surface area contributed by atoms with E-state index in [4.69, 9.17) is 9.47 Å². The molecule has 0 radical (unpaired) electrons. The summed E-state index contributed by atoms with van der Waals surface area (Å²) in [6.45, 7) is 5.35. The number of nitrogens with one attached hydrogen (secondary N) is 4. The van der Waals surface area contributed by atoms with Gasteiger partial charge < -0.3 is 30.2 Å². The molecule has 0 saturated carbocycles. The number of alkyl carbamates (subject to hydrolysis) is 1. The molecule has 2 atom stereocenters. The highest BCUT2D eigenvalue weighted by Gasteiger charge is 2.29. The molecule has 12 nitrogen and oxygen atoms in total. The van der Waals surface area contributed by atoms with Crippen LogP contribution >= 0.6 is 0 Å². The fraction of sp³-hybridized carbons (Fsp3) is 0.522. The van der Waals surface area contributed by atoms with Gasteiger partial charge in [-0.3, -0.25) is 14.4 Å². The second-order valence-electron chi connectivity index (χ2n) is 8.01. The average molecular weight is 495 g/mol. The van der Waals surface area contributed by atoms with Crippen LogP contribution in [0.1, 0.15) is 39.2 Å². The lowest BCUT2D eigenvalue weighted by molar-refractivity contribution is -0.140. The van der Waals surface area contributed by atoms with E-state index < -0.39 is 41.8 Å². The third-order valence-electron chi connectivity index (χ3n) is 4.86. The molecule has 194 valence electrons. The molecule has 35 heavy (non-hydrogen) atoms. The standard InChI is InChI=1S/C23H34N4O8/c1-7-17(25-20(29)18(8-13(2)3)26-22(31)27-23(32)35-6)19(28)21(30)24-12-14-9-15(33-4)11-16(10-14)34-5/h9-11,13,17-18H,7-8,12H2,1-6H3,(H,24,30)(H,25,29)(H2,26,27,31,32)/t17?,18-/m0/s1. The first-order chi connectivity index (χ1) is 16.5. The predicted octanol–water partition coefficient (Wildman–Crippen LogP) is 1.26. The molecule has 1 unspecified atom stereocenters. The molecule has 0 aliphatic rings. The Morgan fingerprint density at radius 1 is 0.886 bits per heavy atom. The number of methoxy groups -OCH3 is 3. The number of carbonyl (C=O) groups is 5. The Morgan fingerprint density at radius 2 is 1.49 bits per heavy atom. The molecule has 4 N–H and O–H groups in total. The van der Waals surface area contributed by atoms with Crippen molar-refractivity contribution < 1.29 is 38.2 Å². The summed E-state index contributed by atoms with van der Waals surface area (Å²) in [6.07, 6.45) is -0.610. The number of Topliss-reactive ketones (excluding diaryl/α,β-unsaturated/α-hetero) is 1. The summed E-state index contributed by atoms with van der Waals surface area (Å²) in [7, 11) is 4.08. The Morgan fingerprint density at radius 3 is 1.97 bits per heavy atom. The maximum atomic E-state index is 12.8. The Hall–Kier alpha value is -3.83. The zero-order chi connectivity index (χ0) is 26.5. The summed E-state index contributed by atoms with van der Waals surface area (Å²) in [5, 5.41) is 9.33. The van der Waals surface area contributed by atoms with Gasteiger partial charge in [0.15, 0.2) is 0 Å². The molecule has 0 heterocycles. The lowest BCUT2D eigenvalue weighted by Gasteiger charge is -2.23. The molecule has 0 aliphatic carbocycles. The SMILES string of the molecule is CCC(NC(=O)[C@H](CC(C)C)NC(=O)NC(=O)OC)C(=O)C(=O)NCc1cc(OC)cc(OC)c1. The Balaban J connectivity index is 2.82. The maximum Gasteiger partial charge on any atom is 0.415 e. The van der Waals surface area contributed by atoms with Gasteiger partial charge in [0.1, 0.15) is 17.5 Å². The van der Waals surface area contributed by atoms with Gasteiger partial charge in [-0.25, -0.2) is 14.9 Å². The van der Waals surface area contributed by atoms with E-state index in [0.717, 1.165) is 7.11 Å². The number of carbonyl (C=O) groups excluding carboxylic acids is 5. The molecule has 5 amide bonds. The van der Waals surface area contributed by atoms with Crippen molar-refractivity contribution in [2.45, 2.75) is 52.2 Å². The minimum absolute atomic E-state index is 0.00288. The van der Waals surface area contributed by atoms with Crippen LogP contribution in [0.15, 0.2) is 18.2 Å². The van der Waals surface area contributed by atoms with Gasteiger partial charge in [0.25, 0.3) is 5.91 Å². The number of imide groups is 1. The van der Waals surface area contributed by atoms with Crippen LogP contribution in [0.5, 0.6) is 11.5 Å². The smallest absolute Gasteiger partial charge is 0.415 e. The molecule has 1 aromatic carbocycles. The van der Waals surface area contributed by atoms with Crippen LogP contribution in [0.2, 0.25) is 0 Å². The van der Waals surface area contributed by atoms with Gasteiger partial charge in [-0.1, -0.05) is 20.8 Å². The molecule has 0 fully saturated rings. The number of benzene rings is 1. The van der Waals surface area contributed by atoms with Crippen molar-refractivity contribution in [2.24, 2.45) is 5.92 Å². The van der Waals surface area contributed by atoms with E-state index in [1.807, 2.05) is 19.2 Å². The fourth-order valence-corrected chi connectivity index (χ4v) is 3.06. The van der Waals surface area contributed by atoms with E-state index in [9.17, 15) is 24.0 Å². The quantitative estimate of drug-likeness (QED) is 0.316. The van der Waals surface area contributed by atoms with Gasteiger partial charge in [0.05, 0.1) is 27.4 Å². The Bertz CT molecular complexity index is 897. The van der Waals surface area contributed by atoms with Crippen molar-refractivity contribution in [2.75, 3.05) is 21.3 Å².